The van der Waals surface area contributed by atoms with Gasteiger partial charge in [-0.2, -0.15) is 0 Å². The summed E-state index contributed by atoms with van der Waals surface area (Å²) in [5.41, 5.74) is 1.62. The van der Waals surface area contributed by atoms with Gasteiger partial charge < -0.3 is 10.6 Å². The Bertz CT molecular complexity index is 547. The number of nitrogens with zero attached hydrogens (tertiary/aromatic N) is 2. The molecule has 0 aliphatic carbocycles. The van der Waals surface area contributed by atoms with E-state index in [1.54, 1.807) is 12.3 Å². The quantitative estimate of drug-likeness (QED) is 0.883. The van der Waals surface area contributed by atoms with Crippen molar-refractivity contribution < 1.29 is 4.79 Å². The molecule has 19 heavy (non-hydrogen) atoms. The number of nitrogens with one attached hydrogen (secondary N) is 2. The van der Waals surface area contributed by atoms with Gasteiger partial charge >= 0.3 is 0 Å². The molecule has 0 bridgehead atoms. The summed E-state index contributed by atoms with van der Waals surface area (Å²) in [6, 6.07) is 9.27. The number of benzene rings is 1. The molecule has 2 N–H and O–H groups in total. The standard InChI is InChI=1S/C13H13BrN4O/c14-10-2-1-3-11(6-10)18-13(19)8-16-7-12-4-5-15-9-17-12/h1-6,9,16H,7-8H2,(H,18,19). The average molecular weight is 321 g/mol. The SMILES string of the molecule is O=C(CNCc1ccncn1)Nc1cccc(Br)c1. The summed E-state index contributed by atoms with van der Waals surface area (Å²) in [4.78, 5) is 19.6. The molecule has 98 valence electrons. The van der Waals surface area contributed by atoms with Crippen LogP contribution < -0.4 is 10.6 Å². The Morgan fingerprint density at radius 2 is 2.21 bits per heavy atom. The maximum Gasteiger partial charge on any atom is 0.238 e. The molecule has 0 spiro atoms. The largest absolute Gasteiger partial charge is 0.325 e. The second-order valence-corrected chi connectivity index (χ2v) is 4.78. The Morgan fingerprint density at radius 3 is 2.95 bits per heavy atom. The topological polar surface area (TPSA) is 66.9 Å². The van der Waals surface area contributed by atoms with Gasteiger partial charge in [0.15, 0.2) is 0 Å². The van der Waals surface area contributed by atoms with Gasteiger partial charge in [0.1, 0.15) is 6.33 Å². The summed E-state index contributed by atoms with van der Waals surface area (Å²) in [5.74, 6) is -0.0906. The van der Waals surface area contributed by atoms with E-state index in [-0.39, 0.29) is 12.5 Å². The van der Waals surface area contributed by atoms with Gasteiger partial charge in [0.25, 0.3) is 0 Å². The summed E-state index contributed by atoms with van der Waals surface area (Å²) < 4.78 is 0.930. The molecule has 1 aromatic carbocycles. The number of hydrogen-bond acceptors (Lipinski definition) is 4. The molecule has 0 saturated heterocycles. The van der Waals surface area contributed by atoms with E-state index in [1.807, 2.05) is 24.3 Å². The lowest BCUT2D eigenvalue weighted by atomic mass is 10.3. The average Bonchev–Trinajstić information content (AvgIpc) is 2.40. The van der Waals surface area contributed by atoms with Crippen LogP contribution in [0.3, 0.4) is 0 Å². The number of hydrogen-bond donors (Lipinski definition) is 2. The highest BCUT2D eigenvalue weighted by atomic mass is 79.9. The molecule has 0 fully saturated rings. The third kappa shape index (κ3) is 4.76. The zero-order valence-corrected chi connectivity index (χ0v) is 11.7. The van der Waals surface area contributed by atoms with Crippen molar-refractivity contribution in [2.45, 2.75) is 6.54 Å². The molecule has 6 heteroatoms. The minimum Gasteiger partial charge on any atom is -0.325 e. The second-order valence-electron chi connectivity index (χ2n) is 3.86. The van der Waals surface area contributed by atoms with Gasteiger partial charge in [-0.1, -0.05) is 22.0 Å². The number of aromatic nitrogens is 2. The molecule has 5 nitrogen and oxygen atoms in total. The van der Waals surface area contributed by atoms with E-state index < -0.39 is 0 Å². The molecule has 0 unspecified atom stereocenters. The predicted molar refractivity (Wildman–Crippen MR) is 76.5 cm³/mol. The number of carbonyl (C=O) groups excluding carboxylic acids is 1. The normalized spacial score (nSPS) is 10.2. The van der Waals surface area contributed by atoms with Crippen LogP contribution in [-0.2, 0) is 11.3 Å². The van der Waals surface area contributed by atoms with Crippen molar-refractivity contribution in [1.82, 2.24) is 15.3 Å². The fourth-order valence-electron chi connectivity index (χ4n) is 1.50. The first-order valence-electron chi connectivity index (χ1n) is 5.75. The summed E-state index contributed by atoms with van der Waals surface area (Å²) in [7, 11) is 0. The fourth-order valence-corrected chi connectivity index (χ4v) is 1.90. The lowest BCUT2D eigenvalue weighted by Crippen LogP contribution is -2.27. The van der Waals surface area contributed by atoms with Crippen LogP contribution in [0.25, 0.3) is 0 Å². The van der Waals surface area contributed by atoms with E-state index >= 15 is 0 Å². The van der Waals surface area contributed by atoms with Gasteiger partial charge in [0.05, 0.1) is 12.2 Å². The van der Waals surface area contributed by atoms with E-state index in [0.717, 1.165) is 15.9 Å². The highest BCUT2D eigenvalue weighted by Gasteiger charge is 2.02. The summed E-state index contributed by atoms with van der Waals surface area (Å²) in [6.45, 7) is 0.769. The van der Waals surface area contributed by atoms with Crippen LogP contribution in [0, 0.1) is 0 Å². The Kier molecular flexibility index (Phi) is 5.00. The zero-order chi connectivity index (χ0) is 13.5. The summed E-state index contributed by atoms with van der Waals surface area (Å²) in [6.07, 6.45) is 3.16. The molecule has 1 amide bonds. The van der Waals surface area contributed by atoms with Crippen LogP contribution in [0.2, 0.25) is 0 Å². The number of carbonyl (C=O) groups is 1. The van der Waals surface area contributed by atoms with Crippen molar-refractivity contribution in [2.24, 2.45) is 0 Å². The van der Waals surface area contributed by atoms with Gasteiger partial charge in [-0.15, -0.1) is 0 Å². The smallest absolute Gasteiger partial charge is 0.238 e. The second kappa shape index (κ2) is 6.96. The van der Waals surface area contributed by atoms with Gasteiger partial charge in [0, 0.05) is 22.9 Å². The first-order valence-corrected chi connectivity index (χ1v) is 6.54. The van der Waals surface area contributed by atoms with Crippen molar-refractivity contribution in [3.8, 4) is 0 Å². The molecular formula is C13H13BrN4O. The lowest BCUT2D eigenvalue weighted by Gasteiger charge is -2.06. The van der Waals surface area contributed by atoms with Crippen LogP contribution in [0.15, 0.2) is 47.3 Å². The summed E-state index contributed by atoms with van der Waals surface area (Å²) in [5, 5.41) is 5.83. The molecule has 0 radical (unpaired) electrons. The van der Waals surface area contributed by atoms with E-state index in [2.05, 4.69) is 36.5 Å². The highest BCUT2D eigenvalue weighted by Crippen LogP contribution is 2.15. The molecule has 0 atom stereocenters. The van der Waals surface area contributed by atoms with E-state index in [1.165, 1.54) is 6.33 Å². The van der Waals surface area contributed by atoms with E-state index in [4.69, 9.17) is 0 Å². The Labute approximate surface area is 119 Å². The van der Waals surface area contributed by atoms with Crippen LogP contribution in [0.4, 0.5) is 5.69 Å². The zero-order valence-electron chi connectivity index (χ0n) is 10.1. The molecule has 2 rings (SSSR count). The molecule has 1 heterocycles. The molecule has 0 aliphatic heterocycles. The van der Waals surface area contributed by atoms with Gasteiger partial charge in [-0.25, -0.2) is 9.97 Å². The van der Waals surface area contributed by atoms with Crippen molar-refractivity contribution in [1.29, 1.82) is 0 Å². The van der Waals surface area contributed by atoms with Gasteiger partial charge in [-0.05, 0) is 24.3 Å². The number of halogens is 1. The first-order chi connectivity index (χ1) is 9.24. The summed E-state index contributed by atoms with van der Waals surface area (Å²) >= 11 is 3.35. The van der Waals surface area contributed by atoms with Crippen LogP contribution in [0.5, 0.6) is 0 Å². The third-order valence-electron chi connectivity index (χ3n) is 2.34. The number of anilines is 1. The van der Waals surface area contributed by atoms with Crippen molar-refractivity contribution >= 4 is 27.5 Å². The fraction of sp³-hybridized carbons (Fsp3) is 0.154. The van der Waals surface area contributed by atoms with Crippen molar-refractivity contribution in [2.75, 3.05) is 11.9 Å². The molecular weight excluding hydrogens is 308 g/mol. The molecule has 2 aromatic rings. The first kappa shape index (κ1) is 13.6. The van der Waals surface area contributed by atoms with Crippen molar-refractivity contribution in [3.05, 3.63) is 53.0 Å². The number of amides is 1. The van der Waals surface area contributed by atoms with Crippen LogP contribution >= 0.6 is 15.9 Å². The third-order valence-corrected chi connectivity index (χ3v) is 2.84. The predicted octanol–water partition coefficient (Wildman–Crippen LogP) is 1.97. The van der Waals surface area contributed by atoms with Crippen LogP contribution in [-0.4, -0.2) is 22.4 Å². The van der Waals surface area contributed by atoms with Crippen LogP contribution in [0.1, 0.15) is 5.69 Å². The highest BCUT2D eigenvalue weighted by molar-refractivity contribution is 9.10. The molecule has 1 aromatic heterocycles. The Morgan fingerprint density at radius 1 is 1.32 bits per heavy atom. The Balaban J connectivity index is 1.76. The van der Waals surface area contributed by atoms with E-state index in [9.17, 15) is 4.79 Å². The molecule has 0 saturated carbocycles. The van der Waals surface area contributed by atoms with Gasteiger partial charge in [-0.3, -0.25) is 4.79 Å². The Hall–Kier alpha value is -1.79. The monoisotopic (exact) mass is 320 g/mol. The maximum atomic E-state index is 11.7. The van der Waals surface area contributed by atoms with E-state index in [0.29, 0.717) is 6.54 Å². The van der Waals surface area contributed by atoms with Crippen molar-refractivity contribution in [3.63, 3.8) is 0 Å². The van der Waals surface area contributed by atoms with Gasteiger partial charge in [0.2, 0.25) is 5.91 Å². The number of rotatable bonds is 5. The minimum absolute atomic E-state index is 0.0906. The minimum atomic E-state index is -0.0906. The maximum absolute atomic E-state index is 11.7. The lowest BCUT2D eigenvalue weighted by molar-refractivity contribution is -0.115. The molecule has 0 aliphatic rings.